The Morgan fingerprint density at radius 1 is 1.29 bits per heavy atom. The Morgan fingerprint density at radius 2 is 2.00 bits per heavy atom. The Hall–Kier alpha value is -3.22. The maximum absolute atomic E-state index is 12.9. The van der Waals surface area contributed by atoms with Crippen molar-refractivity contribution >= 4 is 29.9 Å². The normalized spacial score (nSPS) is 12.6. The molecule has 188 valence electrons. The Kier molecular flexibility index (Phi) is 16.5. The molecule has 0 atom stereocenters. The molecule has 7 heteroatoms. The average molecular weight is 469 g/mol. The minimum atomic E-state index is -0.0457. The van der Waals surface area contributed by atoms with E-state index in [0.29, 0.717) is 23.8 Å². The van der Waals surface area contributed by atoms with Crippen molar-refractivity contribution in [2.45, 2.75) is 66.7 Å². The number of rotatable bonds is 12. The van der Waals surface area contributed by atoms with Gasteiger partial charge in [-0.1, -0.05) is 50.0 Å². The third-order valence-corrected chi connectivity index (χ3v) is 4.99. The number of aromatic nitrogens is 2. The molecule has 0 fully saturated rings. The van der Waals surface area contributed by atoms with Crippen LogP contribution < -0.4 is 5.32 Å². The average Bonchev–Trinajstić information content (AvgIpc) is 3.26. The molecule has 0 radical (unpaired) electrons. The third-order valence-electron chi connectivity index (χ3n) is 4.99. The molecule has 0 spiro atoms. The van der Waals surface area contributed by atoms with Crippen LogP contribution in [0.15, 0.2) is 52.6 Å². The standard InChI is InChI=1S/C22H34N6O.C5H10/c1-7-10-17(4)20(22(29)28(6)8-2)21(24-5)25-19-15-18(26-27-19)12-9-11-16(3)13-14-23;1-3-5-4-2/h9,12-15,23H,7-8,10-11H2,1-6H3,(H2,24,25,26,27);3H,1,4-5H2,2H3/b12-9+,16-13?,20-17-,23-14?;. The lowest BCUT2D eigenvalue weighted by atomic mass is 10.0. The first-order chi connectivity index (χ1) is 16.3. The van der Waals surface area contributed by atoms with Crippen LogP contribution in [-0.2, 0) is 4.79 Å². The van der Waals surface area contributed by atoms with Crippen LogP contribution >= 0.6 is 0 Å². The number of nitrogens with one attached hydrogen (secondary N) is 3. The van der Waals surface area contributed by atoms with Crippen molar-refractivity contribution in [3.63, 3.8) is 0 Å². The Morgan fingerprint density at radius 3 is 2.50 bits per heavy atom. The summed E-state index contributed by atoms with van der Waals surface area (Å²) in [6, 6.07) is 1.87. The van der Waals surface area contributed by atoms with Gasteiger partial charge in [0.05, 0.1) is 11.3 Å². The highest BCUT2D eigenvalue weighted by atomic mass is 16.2. The zero-order valence-electron chi connectivity index (χ0n) is 22.2. The van der Waals surface area contributed by atoms with Crippen LogP contribution in [0.3, 0.4) is 0 Å². The van der Waals surface area contributed by atoms with E-state index in [9.17, 15) is 4.79 Å². The van der Waals surface area contributed by atoms with Gasteiger partial charge in [-0.2, -0.15) is 5.10 Å². The molecule has 0 aliphatic rings. The van der Waals surface area contributed by atoms with E-state index in [-0.39, 0.29) is 5.91 Å². The van der Waals surface area contributed by atoms with Gasteiger partial charge in [-0.25, -0.2) is 0 Å². The number of anilines is 1. The van der Waals surface area contributed by atoms with Crippen LogP contribution in [0.4, 0.5) is 5.82 Å². The number of carbonyl (C=O) groups excluding carboxylic acids is 1. The Bertz CT molecular complexity index is 889. The zero-order valence-corrected chi connectivity index (χ0v) is 22.2. The second-order valence-corrected chi connectivity index (χ2v) is 7.99. The molecular weight excluding hydrogens is 424 g/mol. The zero-order chi connectivity index (χ0) is 25.9. The fourth-order valence-electron chi connectivity index (χ4n) is 2.94. The van der Waals surface area contributed by atoms with Gasteiger partial charge in [0.2, 0.25) is 0 Å². The minimum absolute atomic E-state index is 0.0457. The van der Waals surface area contributed by atoms with Gasteiger partial charge in [-0.3, -0.25) is 14.9 Å². The van der Waals surface area contributed by atoms with E-state index >= 15 is 0 Å². The molecule has 1 rings (SSSR count). The van der Waals surface area contributed by atoms with Crippen molar-refractivity contribution in [1.82, 2.24) is 15.1 Å². The number of aromatic amines is 1. The number of nitrogens with zero attached hydrogens (tertiary/aromatic N) is 3. The smallest absolute Gasteiger partial charge is 0.257 e. The number of allylic oxidation sites excluding steroid dienone is 5. The van der Waals surface area contributed by atoms with Crippen molar-refractivity contribution < 1.29 is 4.79 Å². The predicted octanol–water partition coefficient (Wildman–Crippen LogP) is 6.42. The summed E-state index contributed by atoms with van der Waals surface area (Å²) >= 11 is 0. The molecule has 0 bridgehead atoms. The molecule has 0 aliphatic heterocycles. The van der Waals surface area contributed by atoms with Crippen LogP contribution in [0.2, 0.25) is 0 Å². The molecule has 0 unspecified atom stereocenters. The van der Waals surface area contributed by atoms with E-state index in [1.165, 1.54) is 12.6 Å². The lowest BCUT2D eigenvalue weighted by Gasteiger charge is -2.20. The van der Waals surface area contributed by atoms with Crippen molar-refractivity contribution in [3.8, 4) is 0 Å². The second kappa shape index (κ2) is 18.2. The number of hydrogen-bond donors (Lipinski definition) is 3. The first kappa shape index (κ1) is 30.8. The lowest BCUT2D eigenvalue weighted by molar-refractivity contribution is -0.125. The number of H-pyrrole nitrogens is 1. The van der Waals surface area contributed by atoms with Gasteiger partial charge in [-0.05, 0) is 52.2 Å². The van der Waals surface area contributed by atoms with E-state index in [4.69, 9.17) is 5.41 Å². The van der Waals surface area contributed by atoms with E-state index in [2.05, 4.69) is 40.9 Å². The third kappa shape index (κ3) is 11.6. The predicted molar refractivity (Wildman–Crippen MR) is 148 cm³/mol. The molecule has 0 aliphatic carbocycles. The van der Waals surface area contributed by atoms with Gasteiger partial charge < -0.3 is 15.6 Å². The van der Waals surface area contributed by atoms with Gasteiger partial charge in [0, 0.05) is 32.9 Å². The monoisotopic (exact) mass is 468 g/mol. The molecular formula is C27H44N6O. The largest absolute Gasteiger partial charge is 0.342 e. The molecule has 1 heterocycles. The van der Waals surface area contributed by atoms with Crippen molar-refractivity contribution in [2.75, 3.05) is 26.0 Å². The van der Waals surface area contributed by atoms with E-state index < -0.39 is 0 Å². The molecule has 0 aromatic carbocycles. The molecule has 0 saturated carbocycles. The molecule has 7 nitrogen and oxygen atoms in total. The summed E-state index contributed by atoms with van der Waals surface area (Å²) in [6.45, 7) is 14.3. The van der Waals surface area contributed by atoms with Crippen molar-refractivity contribution in [1.29, 1.82) is 5.41 Å². The Balaban J connectivity index is 0.00000196. The highest BCUT2D eigenvalue weighted by Crippen LogP contribution is 2.17. The summed E-state index contributed by atoms with van der Waals surface area (Å²) in [7, 11) is 3.47. The molecule has 1 amide bonds. The number of aliphatic imine (C=N–C) groups is 1. The SMILES string of the molecule is C=CCCC.CCC/C(C)=C(\C(=O)N(C)CC)C(=NC)Nc1cc(/C=C/CC(C)=CC=N)[nH]n1. The van der Waals surface area contributed by atoms with Gasteiger partial charge in [-0.15, -0.1) is 6.58 Å². The highest BCUT2D eigenvalue weighted by Gasteiger charge is 2.22. The Labute approximate surface area is 206 Å². The minimum Gasteiger partial charge on any atom is -0.342 e. The van der Waals surface area contributed by atoms with E-state index in [0.717, 1.165) is 42.5 Å². The number of amides is 1. The topological polar surface area (TPSA) is 97.2 Å². The van der Waals surface area contributed by atoms with Gasteiger partial charge in [0.25, 0.3) is 5.91 Å². The first-order valence-corrected chi connectivity index (χ1v) is 12.0. The quantitative estimate of drug-likeness (QED) is 0.143. The maximum atomic E-state index is 12.9. The number of amidine groups is 1. The molecule has 3 N–H and O–H groups in total. The summed E-state index contributed by atoms with van der Waals surface area (Å²) in [4.78, 5) is 19.0. The lowest BCUT2D eigenvalue weighted by Crippen LogP contribution is -2.34. The highest BCUT2D eigenvalue weighted by molar-refractivity contribution is 6.25. The summed E-state index contributed by atoms with van der Waals surface area (Å²) in [6.07, 6.45) is 13.9. The van der Waals surface area contributed by atoms with Gasteiger partial charge in [0.15, 0.2) is 5.82 Å². The van der Waals surface area contributed by atoms with Crippen LogP contribution in [0, 0.1) is 5.41 Å². The van der Waals surface area contributed by atoms with Crippen LogP contribution in [-0.4, -0.2) is 53.7 Å². The van der Waals surface area contributed by atoms with Crippen LogP contribution in [0.25, 0.3) is 6.08 Å². The first-order valence-electron chi connectivity index (χ1n) is 12.0. The fraction of sp³-hybridized carbons (Fsp3) is 0.481. The fourth-order valence-corrected chi connectivity index (χ4v) is 2.94. The van der Waals surface area contributed by atoms with Gasteiger partial charge in [0.1, 0.15) is 5.84 Å². The summed E-state index contributed by atoms with van der Waals surface area (Å²) in [5, 5.41) is 17.5. The molecule has 0 saturated heterocycles. The van der Waals surface area contributed by atoms with E-state index in [1.807, 2.05) is 45.1 Å². The van der Waals surface area contributed by atoms with Crippen LogP contribution in [0.5, 0.6) is 0 Å². The maximum Gasteiger partial charge on any atom is 0.257 e. The molecule has 34 heavy (non-hydrogen) atoms. The van der Waals surface area contributed by atoms with Crippen LogP contribution in [0.1, 0.15) is 72.4 Å². The summed E-state index contributed by atoms with van der Waals surface area (Å²) in [5.74, 6) is 1.08. The summed E-state index contributed by atoms with van der Waals surface area (Å²) < 4.78 is 0. The van der Waals surface area contributed by atoms with Crippen molar-refractivity contribution in [2.24, 2.45) is 4.99 Å². The number of hydrogen-bond acceptors (Lipinski definition) is 4. The van der Waals surface area contributed by atoms with Gasteiger partial charge >= 0.3 is 0 Å². The second-order valence-electron chi connectivity index (χ2n) is 7.99. The number of unbranched alkanes of at least 4 members (excludes halogenated alkanes) is 1. The number of carbonyl (C=O) groups is 1. The summed E-state index contributed by atoms with van der Waals surface area (Å²) in [5.41, 5.74) is 3.56. The van der Waals surface area contributed by atoms with Crippen molar-refractivity contribution in [3.05, 3.63) is 53.3 Å². The van der Waals surface area contributed by atoms with E-state index in [1.54, 1.807) is 25.1 Å². The number of likely N-dealkylation sites (N-methyl/N-ethyl adjacent to an activating group) is 1. The molecule has 1 aromatic rings. The molecule has 1 aromatic heterocycles.